The Hall–Kier alpha value is -0.570. The SMILES string of the molecule is CCCN1CC2CC2CC(NC)C1=O. The highest BCUT2D eigenvalue weighted by Gasteiger charge is 2.44. The molecule has 3 heteroatoms. The molecule has 3 unspecified atom stereocenters. The number of nitrogens with zero attached hydrogens (tertiary/aromatic N) is 1. The van der Waals surface area contributed by atoms with Gasteiger partial charge in [-0.3, -0.25) is 4.79 Å². The van der Waals surface area contributed by atoms with E-state index in [2.05, 4.69) is 17.1 Å². The highest BCUT2D eigenvalue weighted by atomic mass is 16.2. The maximum atomic E-state index is 12.0. The van der Waals surface area contributed by atoms with Crippen molar-refractivity contribution in [2.45, 2.75) is 32.2 Å². The maximum absolute atomic E-state index is 12.0. The van der Waals surface area contributed by atoms with Crippen LogP contribution in [0.15, 0.2) is 0 Å². The predicted molar refractivity (Wildman–Crippen MR) is 55.9 cm³/mol. The quantitative estimate of drug-likeness (QED) is 0.726. The highest BCUT2D eigenvalue weighted by Crippen LogP contribution is 2.44. The Morgan fingerprint density at radius 2 is 2.21 bits per heavy atom. The average molecular weight is 196 g/mol. The van der Waals surface area contributed by atoms with Gasteiger partial charge in [-0.05, 0) is 38.1 Å². The molecule has 0 bridgehead atoms. The standard InChI is InChI=1S/C11H20N2O/c1-3-4-13-7-9-5-8(9)6-10(12-2)11(13)14/h8-10,12H,3-7H2,1-2H3. The van der Waals surface area contributed by atoms with E-state index in [9.17, 15) is 4.79 Å². The molecule has 3 nitrogen and oxygen atoms in total. The number of hydrogen-bond donors (Lipinski definition) is 1. The fourth-order valence-corrected chi connectivity index (χ4v) is 2.53. The van der Waals surface area contributed by atoms with E-state index in [1.54, 1.807) is 0 Å². The number of rotatable bonds is 3. The molecule has 1 aliphatic heterocycles. The second-order valence-corrected chi connectivity index (χ2v) is 4.62. The molecule has 0 aromatic carbocycles. The molecule has 0 spiro atoms. The van der Waals surface area contributed by atoms with Gasteiger partial charge >= 0.3 is 0 Å². The normalized spacial score (nSPS) is 36.6. The molecule has 80 valence electrons. The third-order valence-corrected chi connectivity index (χ3v) is 3.51. The molecule has 2 rings (SSSR count). The molecule has 1 heterocycles. The summed E-state index contributed by atoms with van der Waals surface area (Å²) in [5.41, 5.74) is 0. The Bertz CT molecular complexity index is 229. The monoisotopic (exact) mass is 196 g/mol. The van der Waals surface area contributed by atoms with Crippen molar-refractivity contribution in [1.82, 2.24) is 10.2 Å². The second kappa shape index (κ2) is 3.89. The van der Waals surface area contributed by atoms with Crippen molar-refractivity contribution >= 4 is 5.91 Å². The maximum Gasteiger partial charge on any atom is 0.239 e. The predicted octanol–water partition coefficient (Wildman–Crippen LogP) is 0.853. The van der Waals surface area contributed by atoms with Crippen LogP contribution in [0.2, 0.25) is 0 Å². The third-order valence-electron chi connectivity index (χ3n) is 3.51. The summed E-state index contributed by atoms with van der Waals surface area (Å²) in [6, 6.07) is 0.0825. The molecule has 3 atom stereocenters. The van der Waals surface area contributed by atoms with E-state index in [1.807, 2.05) is 7.05 Å². The number of likely N-dealkylation sites (N-methyl/N-ethyl adjacent to an activating group) is 1. The highest BCUT2D eigenvalue weighted by molar-refractivity contribution is 5.82. The van der Waals surface area contributed by atoms with Gasteiger partial charge in [-0.25, -0.2) is 0 Å². The van der Waals surface area contributed by atoms with Crippen molar-refractivity contribution < 1.29 is 4.79 Å². The minimum atomic E-state index is 0.0825. The summed E-state index contributed by atoms with van der Waals surface area (Å²) in [7, 11) is 1.90. The first kappa shape index (κ1) is 9.97. The van der Waals surface area contributed by atoms with Crippen LogP contribution < -0.4 is 5.32 Å². The van der Waals surface area contributed by atoms with Crippen LogP contribution >= 0.6 is 0 Å². The van der Waals surface area contributed by atoms with Crippen LogP contribution in [0.5, 0.6) is 0 Å². The summed E-state index contributed by atoms with van der Waals surface area (Å²) < 4.78 is 0. The van der Waals surface area contributed by atoms with Crippen LogP contribution in [0.25, 0.3) is 0 Å². The zero-order valence-corrected chi connectivity index (χ0v) is 9.12. The molecule has 1 amide bonds. The summed E-state index contributed by atoms with van der Waals surface area (Å²) in [6.45, 7) is 4.08. The van der Waals surface area contributed by atoms with Crippen molar-refractivity contribution in [2.75, 3.05) is 20.1 Å². The second-order valence-electron chi connectivity index (χ2n) is 4.62. The van der Waals surface area contributed by atoms with Gasteiger partial charge in [0.1, 0.15) is 0 Å². The molecule has 1 N–H and O–H groups in total. The first-order valence-corrected chi connectivity index (χ1v) is 5.72. The van der Waals surface area contributed by atoms with E-state index < -0.39 is 0 Å². The lowest BCUT2D eigenvalue weighted by molar-refractivity contribution is -0.133. The first-order valence-electron chi connectivity index (χ1n) is 5.72. The molecule has 14 heavy (non-hydrogen) atoms. The molecule has 2 fully saturated rings. The Balaban J connectivity index is 2.04. The summed E-state index contributed by atoms with van der Waals surface area (Å²) in [5.74, 6) is 1.95. The fourth-order valence-electron chi connectivity index (χ4n) is 2.53. The van der Waals surface area contributed by atoms with Gasteiger partial charge in [0, 0.05) is 13.1 Å². The smallest absolute Gasteiger partial charge is 0.239 e. The van der Waals surface area contributed by atoms with Crippen LogP contribution in [-0.2, 0) is 4.79 Å². The molecular formula is C11H20N2O. The molecule has 2 aliphatic rings. The Morgan fingerprint density at radius 3 is 2.86 bits per heavy atom. The van der Waals surface area contributed by atoms with Crippen molar-refractivity contribution in [2.24, 2.45) is 11.8 Å². The van der Waals surface area contributed by atoms with Crippen molar-refractivity contribution in [3.8, 4) is 0 Å². The van der Waals surface area contributed by atoms with Gasteiger partial charge < -0.3 is 10.2 Å². The number of likely N-dealkylation sites (tertiary alicyclic amines) is 1. The lowest BCUT2D eigenvalue weighted by Gasteiger charge is -2.24. The summed E-state index contributed by atoms with van der Waals surface area (Å²) >= 11 is 0. The minimum absolute atomic E-state index is 0.0825. The molecule has 0 aromatic heterocycles. The van der Waals surface area contributed by atoms with E-state index in [0.29, 0.717) is 5.91 Å². The van der Waals surface area contributed by atoms with Gasteiger partial charge in [-0.1, -0.05) is 6.92 Å². The first-order chi connectivity index (χ1) is 6.76. The van der Waals surface area contributed by atoms with Gasteiger partial charge in [0.25, 0.3) is 0 Å². The van der Waals surface area contributed by atoms with E-state index in [4.69, 9.17) is 0 Å². The summed E-state index contributed by atoms with van der Waals surface area (Å²) in [6.07, 6.45) is 3.46. The molecule has 1 saturated carbocycles. The summed E-state index contributed by atoms with van der Waals surface area (Å²) in [5, 5.41) is 3.15. The molecule has 0 aromatic rings. The van der Waals surface area contributed by atoms with Gasteiger partial charge in [0.2, 0.25) is 5.91 Å². The van der Waals surface area contributed by atoms with Crippen molar-refractivity contribution in [1.29, 1.82) is 0 Å². The third kappa shape index (κ3) is 1.78. The van der Waals surface area contributed by atoms with E-state index >= 15 is 0 Å². The van der Waals surface area contributed by atoms with Crippen LogP contribution in [-0.4, -0.2) is 37.0 Å². The molecule has 1 aliphatic carbocycles. The van der Waals surface area contributed by atoms with Gasteiger partial charge in [-0.15, -0.1) is 0 Å². The molecule has 1 saturated heterocycles. The zero-order chi connectivity index (χ0) is 10.1. The lowest BCUT2D eigenvalue weighted by Crippen LogP contribution is -2.45. The van der Waals surface area contributed by atoms with Gasteiger partial charge in [0.05, 0.1) is 6.04 Å². The van der Waals surface area contributed by atoms with Gasteiger partial charge in [0.15, 0.2) is 0 Å². The van der Waals surface area contributed by atoms with E-state index in [1.165, 1.54) is 6.42 Å². The van der Waals surface area contributed by atoms with Gasteiger partial charge in [-0.2, -0.15) is 0 Å². The van der Waals surface area contributed by atoms with Crippen LogP contribution in [0, 0.1) is 11.8 Å². The largest absolute Gasteiger partial charge is 0.341 e. The average Bonchev–Trinajstić information content (AvgIpc) is 2.91. The summed E-state index contributed by atoms with van der Waals surface area (Å²) in [4.78, 5) is 14.1. The van der Waals surface area contributed by atoms with E-state index in [0.717, 1.165) is 37.8 Å². The van der Waals surface area contributed by atoms with Crippen LogP contribution in [0.3, 0.4) is 0 Å². The number of amides is 1. The number of carbonyl (C=O) groups excluding carboxylic acids is 1. The molecular weight excluding hydrogens is 176 g/mol. The van der Waals surface area contributed by atoms with Crippen molar-refractivity contribution in [3.63, 3.8) is 0 Å². The lowest BCUT2D eigenvalue weighted by atomic mass is 10.1. The van der Waals surface area contributed by atoms with Crippen LogP contribution in [0.1, 0.15) is 26.2 Å². The van der Waals surface area contributed by atoms with Crippen molar-refractivity contribution in [3.05, 3.63) is 0 Å². The Labute approximate surface area is 85.8 Å². The number of nitrogens with one attached hydrogen (secondary N) is 1. The fraction of sp³-hybridized carbons (Fsp3) is 0.909. The Kier molecular flexibility index (Phi) is 2.77. The number of fused-ring (bicyclic) bond motifs is 1. The Morgan fingerprint density at radius 1 is 1.43 bits per heavy atom. The minimum Gasteiger partial charge on any atom is -0.341 e. The number of hydrogen-bond acceptors (Lipinski definition) is 2. The van der Waals surface area contributed by atoms with E-state index in [-0.39, 0.29) is 6.04 Å². The molecule has 0 radical (unpaired) electrons. The zero-order valence-electron chi connectivity index (χ0n) is 9.12. The topological polar surface area (TPSA) is 32.3 Å². The van der Waals surface area contributed by atoms with Crippen LogP contribution in [0.4, 0.5) is 0 Å². The number of carbonyl (C=O) groups is 1.